The van der Waals surface area contributed by atoms with Crippen molar-refractivity contribution in [2.75, 3.05) is 7.11 Å². The Morgan fingerprint density at radius 2 is 2.25 bits per heavy atom. The van der Waals surface area contributed by atoms with Gasteiger partial charge in [0.2, 0.25) is 0 Å². The van der Waals surface area contributed by atoms with Crippen LogP contribution in [0.3, 0.4) is 0 Å². The first-order valence-corrected chi connectivity index (χ1v) is 7.46. The van der Waals surface area contributed by atoms with Crippen LogP contribution in [0.5, 0.6) is 5.75 Å². The first-order chi connectivity index (χ1) is 9.63. The molecule has 20 heavy (non-hydrogen) atoms. The van der Waals surface area contributed by atoms with E-state index in [2.05, 4.69) is 28.0 Å². The number of aliphatic hydroxyl groups excluding tert-OH is 1. The fourth-order valence-corrected chi connectivity index (χ4v) is 2.47. The van der Waals surface area contributed by atoms with E-state index in [4.69, 9.17) is 4.74 Å². The van der Waals surface area contributed by atoms with Gasteiger partial charge in [-0.1, -0.05) is 22.9 Å². The van der Waals surface area contributed by atoms with E-state index in [1.165, 1.54) is 0 Å². The average Bonchev–Trinajstić information content (AvgIpc) is 2.90. The Morgan fingerprint density at radius 3 is 2.95 bits per heavy atom. The summed E-state index contributed by atoms with van der Waals surface area (Å²) in [5.74, 6) is 0.789. The Labute approximate surface area is 127 Å². The van der Waals surface area contributed by atoms with Crippen molar-refractivity contribution in [3.05, 3.63) is 46.2 Å². The molecule has 1 unspecified atom stereocenters. The van der Waals surface area contributed by atoms with Gasteiger partial charge < -0.3 is 9.84 Å². The van der Waals surface area contributed by atoms with Crippen molar-refractivity contribution in [3.8, 4) is 5.75 Å². The Morgan fingerprint density at radius 1 is 1.45 bits per heavy atom. The molecule has 0 amide bonds. The summed E-state index contributed by atoms with van der Waals surface area (Å²) in [5, 5.41) is 14.6. The van der Waals surface area contributed by atoms with Gasteiger partial charge in [-0.05, 0) is 30.2 Å². The highest BCUT2D eigenvalue weighted by Crippen LogP contribution is 2.27. The molecule has 0 bridgehead atoms. The third-order valence-corrected chi connectivity index (χ3v) is 3.93. The molecule has 1 aromatic heterocycles. The van der Waals surface area contributed by atoms with Crippen LogP contribution in [-0.4, -0.2) is 22.0 Å². The minimum atomic E-state index is -0.566. The van der Waals surface area contributed by atoms with Crippen molar-refractivity contribution < 1.29 is 9.84 Å². The number of aryl methyl sites for hydroxylation is 1. The first kappa shape index (κ1) is 15.1. The van der Waals surface area contributed by atoms with Crippen LogP contribution in [-0.2, 0) is 13.0 Å². The van der Waals surface area contributed by atoms with Crippen molar-refractivity contribution >= 4 is 15.9 Å². The molecule has 0 saturated heterocycles. The molecule has 0 fully saturated rings. The van der Waals surface area contributed by atoms with Gasteiger partial charge in [-0.25, -0.2) is 0 Å². The van der Waals surface area contributed by atoms with E-state index in [0.29, 0.717) is 6.42 Å². The topological polar surface area (TPSA) is 47.3 Å². The Kier molecular flexibility index (Phi) is 5.20. The fourth-order valence-electron chi connectivity index (χ4n) is 2.06. The van der Waals surface area contributed by atoms with Crippen molar-refractivity contribution in [1.82, 2.24) is 9.78 Å². The summed E-state index contributed by atoms with van der Waals surface area (Å²) < 4.78 is 8.05. The largest absolute Gasteiger partial charge is 0.497 e. The van der Waals surface area contributed by atoms with Crippen LogP contribution >= 0.6 is 15.9 Å². The summed E-state index contributed by atoms with van der Waals surface area (Å²) in [7, 11) is 1.64. The highest BCUT2D eigenvalue weighted by atomic mass is 79.9. The molecule has 2 rings (SSSR count). The third kappa shape index (κ3) is 3.61. The number of hydrogen-bond acceptors (Lipinski definition) is 3. The zero-order valence-corrected chi connectivity index (χ0v) is 13.3. The lowest BCUT2D eigenvalue weighted by atomic mass is 10.0. The Balaban J connectivity index is 2.11. The number of methoxy groups -OCH3 is 1. The monoisotopic (exact) mass is 338 g/mol. The maximum atomic E-state index is 10.3. The average molecular weight is 339 g/mol. The molecule has 1 atom stereocenters. The maximum absolute atomic E-state index is 10.3. The zero-order valence-electron chi connectivity index (χ0n) is 11.7. The molecular formula is C15H19BrN2O2. The molecule has 0 aliphatic carbocycles. The number of ether oxygens (including phenoxy) is 1. The zero-order chi connectivity index (χ0) is 14.5. The molecule has 0 saturated carbocycles. The Bertz CT molecular complexity index is 569. The van der Waals surface area contributed by atoms with E-state index >= 15 is 0 Å². The molecule has 0 aliphatic heterocycles. The normalized spacial score (nSPS) is 12.4. The summed E-state index contributed by atoms with van der Waals surface area (Å²) in [5.41, 5.74) is 1.85. The van der Waals surface area contributed by atoms with Gasteiger partial charge in [0.15, 0.2) is 0 Å². The van der Waals surface area contributed by atoms with Crippen LogP contribution in [0.4, 0.5) is 0 Å². The van der Waals surface area contributed by atoms with E-state index in [-0.39, 0.29) is 0 Å². The summed E-state index contributed by atoms with van der Waals surface area (Å²) in [6.45, 7) is 2.97. The number of halogens is 1. The van der Waals surface area contributed by atoms with E-state index in [9.17, 15) is 5.11 Å². The van der Waals surface area contributed by atoms with E-state index in [1.54, 1.807) is 13.3 Å². The number of aromatic nitrogens is 2. The lowest BCUT2D eigenvalue weighted by Gasteiger charge is -2.11. The molecule has 1 heterocycles. The van der Waals surface area contributed by atoms with Crippen LogP contribution in [0.1, 0.15) is 30.6 Å². The summed E-state index contributed by atoms with van der Waals surface area (Å²) in [6, 6.07) is 5.75. The highest BCUT2D eigenvalue weighted by Gasteiger charge is 2.13. The van der Waals surface area contributed by atoms with E-state index < -0.39 is 6.10 Å². The van der Waals surface area contributed by atoms with Gasteiger partial charge in [0, 0.05) is 29.2 Å². The maximum Gasteiger partial charge on any atom is 0.119 e. The van der Waals surface area contributed by atoms with Gasteiger partial charge >= 0.3 is 0 Å². The third-order valence-electron chi connectivity index (χ3n) is 3.16. The van der Waals surface area contributed by atoms with Crippen LogP contribution < -0.4 is 4.74 Å². The van der Waals surface area contributed by atoms with Crippen LogP contribution in [0, 0.1) is 0 Å². The van der Waals surface area contributed by atoms with Crippen LogP contribution in [0.25, 0.3) is 0 Å². The standard InChI is InChI=1S/C15H19BrN2O2/c1-3-6-18-10-12(9-17-18)15(19)8-11-7-13(20-2)4-5-14(11)16/h4-5,7,9-10,15,19H,3,6,8H2,1-2H3. The van der Waals surface area contributed by atoms with Crippen molar-refractivity contribution in [2.24, 2.45) is 0 Å². The summed E-state index contributed by atoms with van der Waals surface area (Å²) >= 11 is 3.50. The quantitative estimate of drug-likeness (QED) is 0.878. The van der Waals surface area contributed by atoms with E-state index in [0.717, 1.165) is 34.3 Å². The first-order valence-electron chi connectivity index (χ1n) is 6.67. The van der Waals surface area contributed by atoms with E-state index in [1.807, 2.05) is 29.1 Å². The number of nitrogens with zero attached hydrogens (tertiary/aromatic N) is 2. The minimum absolute atomic E-state index is 0.523. The lowest BCUT2D eigenvalue weighted by molar-refractivity contribution is 0.178. The van der Waals surface area contributed by atoms with Gasteiger partial charge in [-0.2, -0.15) is 5.10 Å². The lowest BCUT2D eigenvalue weighted by Crippen LogP contribution is -2.02. The number of aliphatic hydroxyl groups is 1. The van der Waals surface area contributed by atoms with Gasteiger partial charge in [0.25, 0.3) is 0 Å². The highest BCUT2D eigenvalue weighted by molar-refractivity contribution is 9.10. The number of rotatable bonds is 6. The number of benzene rings is 1. The number of hydrogen-bond donors (Lipinski definition) is 1. The summed E-state index contributed by atoms with van der Waals surface area (Å²) in [6.07, 6.45) is 4.62. The van der Waals surface area contributed by atoms with Crippen molar-refractivity contribution in [1.29, 1.82) is 0 Å². The smallest absolute Gasteiger partial charge is 0.119 e. The van der Waals surface area contributed by atoms with Gasteiger partial charge in [0.05, 0.1) is 19.4 Å². The molecule has 1 aromatic carbocycles. The summed E-state index contributed by atoms with van der Waals surface area (Å²) in [4.78, 5) is 0. The fraction of sp³-hybridized carbons (Fsp3) is 0.400. The molecular weight excluding hydrogens is 320 g/mol. The molecule has 5 heteroatoms. The van der Waals surface area contributed by atoms with Crippen molar-refractivity contribution in [2.45, 2.75) is 32.4 Å². The SMILES string of the molecule is CCCn1cc(C(O)Cc2cc(OC)ccc2Br)cn1. The molecule has 0 aliphatic rings. The van der Waals surface area contributed by atoms with Crippen molar-refractivity contribution in [3.63, 3.8) is 0 Å². The second kappa shape index (κ2) is 6.90. The van der Waals surface area contributed by atoms with Gasteiger partial charge in [0.1, 0.15) is 5.75 Å². The van der Waals surface area contributed by atoms with Crippen LogP contribution in [0.15, 0.2) is 35.1 Å². The molecule has 108 valence electrons. The second-order valence-electron chi connectivity index (χ2n) is 4.71. The molecule has 4 nitrogen and oxygen atoms in total. The predicted molar refractivity (Wildman–Crippen MR) is 81.9 cm³/mol. The van der Waals surface area contributed by atoms with Gasteiger partial charge in [-0.15, -0.1) is 0 Å². The minimum Gasteiger partial charge on any atom is -0.497 e. The molecule has 0 spiro atoms. The van der Waals surface area contributed by atoms with Crippen LogP contribution in [0.2, 0.25) is 0 Å². The van der Waals surface area contributed by atoms with Gasteiger partial charge in [-0.3, -0.25) is 4.68 Å². The molecule has 1 N–H and O–H groups in total. The molecule has 2 aromatic rings. The predicted octanol–water partition coefficient (Wildman–Crippen LogP) is 3.34. The second-order valence-corrected chi connectivity index (χ2v) is 5.57. The Hall–Kier alpha value is -1.33. The molecule has 0 radical (unpaired) electrons.